The van der Waals surface area contributed by atoms with Crippen LogP contribution in [0, 0.1) is 0 Å². The zero-order valence-electron chi connectivity index (χ0n) is 13.1. The molecule has 1 aromatic carbocycles. The molecular formula is C18H22ClNO. The van der Waals surface area contributed by atoms with Gasteiger partial charge in [-0.3, -0.25) is 4.98 Å². The number of aryl methyl sites for hydroxylation is 1. The molecule has 3 heteroatoms. The Kier molecular flexibility index (Phi) is 4.89. The van der Waals surface area contributed by atoms with Crippen LogP contribution in [0.15, 0.2) is 36.5 Å². The summed E-state index contributed by atoms with van der Waals surface area (Å²) in [6.45, 7) is 9.19. The molecule has 0 atom stereocenters. The Morgan fingerprint density at radius 3 is 2.52 bits per heavy atom. The largest absolute Gasteiger partial charge is 0.487 e. The van der Waals surface area contributed by atoms with Crippen molar-refractivity contribution in [3.8, 4) is 5.75 Å². The lowest BCUT2D eigenvalue weighted by Crippen LogP contribution is -2.14. The fraction of sp³-hybridized carbons (Fsp3) is 0.389. The number of halogens is 1. The molecule has 0 fully saturated rings. The second-order valence-corrected chi connectivity index (χ2v) is 6.62. The predicted molar refractivity (Wildman–Crippen MR) is 88.1 cm³/mol. The van der Waals surface area contributed by atoms with Gasteiger partial charge in [-0.2, -0.15) is 0 Å². The molecule has 1 heterocycles. The SMILES string of the molecule is CCc1ccc(OCc2cc(Cl)ccn2)c(C(C)(C)C)c1. The molecule has 1 aromatic heterocycles. The van der Waals surface area contributed by atoms with Gasteiger partial charge in [0.2, 0.25) is 0 Å². The van der Waals surface area contributed by atoms with Crippen LogP contribution in [0.3, 0.4) is 0 Å². The molecule has 21 heavy (non-hydrogen) atoms. The Morgan fingerprint density at radius 1 is 1.14 bits per heavy atom. The lowest BCUT2D eigenvalue weighted by atomic mass is 9.85. The van der Waals surface area contributed by atoms with Gasteiger partial charge in [0.05, 0.1) is 5.69 Å². The zero-order chi connectivity index (χ0) is 15.5. The number of benzene rings is 1. The number of hydrogen-bond acceptors (Lipinski definition) is 2. The van der Waals surface area contributed by atoms with Crippen LogP contribution in [0.25, 0.3) is 0 Å². The van der Waals surface area contributed by atoms with Crippen molar-refractivity contribution in [3.63, 3.8) is 0 Å². The van der Waals surface area contributed by atoms with Gasteiger partial charge in [-0.05, 0) is 41.2 Å². The fourth-order valence-electron chi connectivity index (χ4n) is 2.19. The third-order valence-corrected chi connectivity index (χ3v) is 3.65. The van der Waals surface area contributed by atoms with Crippen LogP contribution in [0.5, 0.6) is 5.75 Å². The molecule has 0 spiro atoms. The molecule has 0 saturated carbocycles. The van der Waals surface area contributed by atoms with Crippen molar-refractivity contribution >= 4 is 11.6 Å². The highest BCUT2D eigenvalue weighted by atomic mass is 35.5. The summed E-state index contributed by atoms with van der Waals surface area (Å²) >= 11 is 5.97. The Morgan fingerprint density at radius 2 is 1.90 bits per heavy atom. The third kappa shape index (κ3) is 4.21. The van der Waals surface area contributed by atoms with Crippen molar-refractivity contribution in [2.24, 2.45) is 0 Å². The molecule has 0 unspecified atom stereocenters. The average molecular weight is 304 g/mol. The number of rotatable bonds is 4. The van der Waals surface area contributed by atoms with Crippen molar-refractivity contribution < 1.29 is 4.74 Å². The number of aromatic nitrogens is 1. The fourth-order valence-corrected chi connectivity index (χ4v) is 2.37. The van der Waals surface area contributed by atoms with Gasteiger partial charge in [-0.15, -0.1) is 0 Å². The van der Waals surface area contributed by atoms with Crippen molar-refractivity contribution in [2.45, 2.75) is 46.1 Å². The second kappa shape index (κ2) is 6.48. The van der Waals surface area contributed by atoms with Crippen LogP contribution in [0.2, 0.25) is 5.02 Å². The summed E-state index contributed by atoms with van der Waals surface area (Å²) in [5.41, 5.74) is 3.43. The summed E-state index contributed by atoms with van der Waals surface area (Å²) < 4.78 is 5.98. The van der Waals surface area contributed by atoms with Gasteiger partial charge in [0.25, 0.3) is 0 Å². The lowest BCUT2D eigenvalue weighted by molar-refractivity contribution is 0.293. The van der Waals surface area contributed by atoms with E-state index in [9.17, 15) is 0 Å². The van der Waals surface area contributed by atoms with E-state index < -0.39 is 0 Å². The van der Waals surface area contributed by atoms with Gasteiger partial charge in [-0.1, -0.05) is 51.4 Å². The summed E-state index contributed by atoms with van der Waals surface area (Å²) in [4.78, 5) is 4.27. The molecule has 0 aliphatic heterocycles. The lowest BCUT2D eigenvalue weighted by Gasteiger charge is -2.23. The van der Waals surface area contributed by atoms with Gasteiger partial charge in [0, 0.05) is 11.2 Å². The van der Waals surface area contributed by atoms with Crippen LogP contribution >= 0.6 is 11.6 Å². The molecule has 0 N–H and O–H groups in total. The van der Waals surface area contributed by atoms with E-state index in [2.05, 4.69) is 50.9 Å². The molecule has 0 radical (unpaired) electrons. The van der Waals surface area contributed by atoms with Gasteiger partial charge >= 0.3 is 0 Å². The van der Waals surface area contributed by atoms with Gasteiger partial charge in [0.1, 0.15) is 12.4 Å². The monoisotopic (exact) mass is 303 g/mol. The Balaban J connectivity index is 2.23. The van der Waals surface area contributed by atoms with Crippen molar-refractivity contribution in [2.75, 3.05) is 0 Å². The molecule has 0 aliphatic carbocycles. The van der Waals surface area contributed by atoms with E-state index in [4.69, 9.17) is 16.3 Å². The third-order valence-electron chi connectivity index (χ3n) is 3.41. The van der Waals surface area contributed by atoms with Crippen LogP contribution in [0.4, 0.5) is 0 Å². The molecule has 112 valence electrons. The second-order valence-electron chi connectivity index (χ2n) is 6.19. The number of ether oxygens (including phenoxy) is 1. The van der Waals surface area contributed by atoms with Crippen molar-refractivity contribution in [1.82, 2.24) is 4.98 Å². The summed E-state index contributed by atoms with van der Waals surface area (Å²) in [5.74, 6) is 0.918. The maximum Gasteiger partial charge on any atom is 0.130 e. The minimum atomic E-state index is 0.0439. The maximum absolute atomic E-state index is 5.98. The Labute approximate surface area is 132 Å². The highest BCUT2D eigenvalue weighted by molar-refractivity contribution is 6.30. The molecule has 0 saturated heterocycles. The molecule has 2 rings (SSSR count). The minimum absolute atomic E-state index is 0.0439. The van der Waals surface area contributed by atoms with Gasteiger partial charge in [0.15, 0.2) is 0 Å². The molecule has 0 bridgehead atoms. The number of nitrogens with zero attached hydrogens (tertiary/aromatic N) is 1. The van der Waals surface area contributed by atoms with Crippen molar-refractivity contribution in [3.05, 3.63) is 58.4 Å². The van der Waals surface area contributed by atoms with Crippen LogP contribution < -0.4 is 4.74 Å². The normalized spacial score (nSPS) is 11.5. The summed E-state index contributed by atoms with van der Waals surface area (Å²) in [5, 5.41) is 0.681. The first-order valence-corrected chi connectivity index (χ1v) is 7.64. The van der Waals surface area contributed by atoms with Gasteiger partial charge in [-0.25, -0.2) is 0 Å². The predicted octanol–water partition coefficient (Wildman–Crippen LogP) is 5.17. The quantitative estimate of drug-likeness (QED) is 0.777. The maximum atomic E-state index is 5.98. The molecule has 0 amide bonds. The van der Waals surface area contributed by atoms with E-state index in [1.165, 1.54) is 11.1 Å². The highest BCUT2D eigenvalue weighted by Gasteiger charge is 2.19. The van der Waals surface area contributed by atoms with E-state index in [0.717, 1.165) is 17.9 Å². The molecule has 2 aromatic rings. The van der Waals surface area contributed by atoms with Crippen molar-refractivity contribution in [1.29, 1.82) is 0 Å². The first-order chi connectivity index (χ1) is 9.90. The van der Waals surface area contributed by atoms with Crippen LogP contribution in [0.1, 0.15) is 44.5 Å². The minimum Gasteiger partial charge on any atom is -0.487 e. The van der Waals surface area contributed by atoms with E-state index in [1.807, 2.05) is 6.07 Å². The summed E-state index contributed by atoms with van der Waals surface area (Å²) in [6.07, 6.45) is 2.73. The van der Waals surface area contributed by atoms with Crippen LogP contribution in [-0.2, 0) is 18.4 Å². The average Bonchev–Trinajstić information content (AvgIpc) is 2.44. The first-order valence-electron chi connectivity index (χ1n) is 7.27. The smallest absolute Gasteiger partial charge is 0.130 e. The standard InChI is InChI=1S/C18H22ClNO/c1-5-13-6-7-17(16(10-13)18(2,3)4)21-12-15-11-14(19)8-9-20-15/h6-11H,5,12H2,1-4H3. The van der Waals surface area contributed by atoms with E-state index in [-0.39, 0.29) is 5.41 Å². The zero-order valence-corrected chi connectivity index (χ0v) is 13.9. The molecular weight excluding hydrogens is 282 g/mol. The molecule has 0 aliphatic rings. The number of pyridine rings is 1. The van der Waals surface area contributed by atoms with Gasteiger partial charge < -0.3 is 4.74 Å². The first kappa shape index (κ1) is 15.8. The molecule has 2 nitrogen and oxygen atoms in total. The van der Waals surface area contributed by atoms with Crippen LogP contribution in [-0.4, -0.2) is 4.98 Å². The van der Waals surface area contributed by atoms with E-state index in [0.29, 0.717) is 11.6 Å². The number of hydrogen-bond donors (Lipinski definition) is 0. The topological polar surface area (TPSA) is 22.1 Å². The summed E-state index contributed by atoms with van der Waals surface area (Å²) in [6, 6.07) is 10.0. The van der Waals surface area contributed by atoms with E-state index >= 15 is 0 Å². The Hall–Kier alpha value is -1.54. The Bertz CT molecular complexity index is 617. The van der Waals surface area contributed by atoms with E-state index in [1.54, 1.807) is 12.3 Å². The summed E-state index contributed by atoms with van der Waals surface area (Å²) in [7, 11) is 0. The highest BCUT2D eigenvalue weighted by Crippen LogP contribution is 2.32.